The van der Waals surface area contributed by atoms with Crippen molar-refractivity contribution in [2.75, 3.05) is 37.6 Å². The molecule has 10 heteroatoms. The van der Waals surface area contributed by atoms with Crippen molar-refractivity contribution in [1.82, 2.24) is 4.90 Å². The minimum atomic E-state index is -4.15. The van der Waals surface area contributed by atoms with Crippen LogP contribution in [0, 0.1) is 22.0 Å². The lowest BCUT2D eigenvalue weighted by molar-refractivity contribution is -0.384. The van der Waals surface area contributed by atoms with Gasteiger partial charge in [0.15, 0.2) is 0 Å². The molecule has 0 heterocycles. The summed E-state index contributed by atoms with van der Waals surface area (Å²) >= 11 is 0. The highest BCUT2D eigenvalue weighted by Crippen LogP contribution is 2.35. The van der Waals surface area contributed by atoms with E-state index in [1.165, 1.54) is 31.4 Å². The molecule has 0 aromatic heterocycles. The van der Waals surface area contributed by atoms with Crippen LogP contribution in [0.3, 0.4) is 0 Å². The van der Waals surface area contributed by atoms with E-state index in [-0.39, 0.29) is 35.1 Å². The summed E-state index contributed by atoms with van der Waals surface area (Å²) in [7, 11) is -2.79. The number of rotatable bonds is 13. The van der Waals surface area contributed by atoms with Crippen molar-refractivity contribution in [2.45, 2.75) is 38.7 Å². The van der Waals surface area contributed by atoms with Crippen molar-refractivity contribution in [3.8, 4) is 5.75 Å². The number of hydrogen-bond donors (Lipinski definition) is 1. The van der Waals surface area contributed by atoms with Crippen molar-refractivity contribution in [2.24, 2.45) is 11.8 Å². The molecule has 0 spiro atoms. The SMILES string of the molecule is COc1ccc([N+](=O)[O-])cc1N(C[C@H](O)CN(CC(C)C)CC(C)C)S(=O)(=O)c1ccccc1. The first-order valence-electron chi connectivity index (χ1n) is 11.3. The van der Waals surface area contributed by atoms with Gasteiger partial charge in [0.05, 0.1) is 29.6 Å². The predicted octanol–water partition coefficient (Wildman–Crippen LogP) is 3.77. The second-order valence-corrected chi connectivity index (χ2v) is 11.0. The highest BCUT2D eigenvalue weighted by Gasteiger charge is 2.31. The largest absolute Gasteiger partial charge is 0.495 e. The first kappa shape index (κ1) is 27.6. The molecule has 0 saturated heterocycles. The number of sulfonamides is 1. The van der Waals surface area contributed by atoms with Gasteiger partial charge in [-0.05, 0) is 30.0 Å². The molecule has 0 amide bonds. The van der Waals surface area contributed by atoms with E-state index in [0.29, 0.717) is 11.8 Å². The van der Waals surface area contributed by atoms with Gasteiger partial charge in [-0.3, -0.25) is 14.4 Å². The first-order valence-corrected chi connectivity index (χ1v) is 12.7. The van der Waals surface area contributed by atoms with Gasteiger partial charge in [-0.15, -0.1) is 0 Å². The van der Waals surface area contributed by atoms with Gasteiger partial charge in [0.2, 0.25) is 0 Å². The van der Waals surface area contributed by atoms with Gasteiger partial charge in [0, 0.05) is 31.8 Å². The fraction of sp³-hybridized carbons (Fsp3) is 0.500. The van der Waals surface area contributed by atoms with E-state index >= 15 is 0 Å². The van der Waals surface area contributed by atoms with Crippen LogP contribution in [0.5, 0.6) is 5.75 Å². The maximum Gasteiger partial charge on any atom is 0.271 e. The van der Waals surface area contributed by atoms with Gasteiger partial charge >= 0.3 is 0 Å². The molecule has 1 N–H and O–H groups in total. The van der Waals surface area contributed by atoms with Gasteiger partial charge in [0.1, 0.15) is 11.4 Å². The van der Waals surface area contributed by atoms with Gasteiger partial charge in [-0.1, -0.05) is 45.9 Å². The van der Waals surface area contributed by atoms with Crippen molar-refractivity contribution in [1.29, 1.82) is 0 Å². The second kappa shape index (κ2) is 12.1. The van der Waals surface area contributed by atoms with E-state index in [1.807, 2.05) is 0 Å². The van der Waals surface area contributed by atoms with Gasteiger partial charge in [-0.25, -0.2) is 8.42 Å². The molecule has 0 aliphatic heterocycles. The van der Waals surface area contributed by atoms with E-state index < -0.39 is 21.1 Å². The summed E-state index contributed by atoms with van der Waals surface area (Å²) in [6.45, 7) is 9.80. The number of hydrogen-bond acceptors (Lipinski definition) is 7. The Bertz CT molecular complexity index is 1030. The normalized spacial score (nSPS) is 12.9. The maximum absolute atomic E-state index is 13.6. The molecule has 9 nitrogen and oxygen atoms in total. The summed E-state index contributed by atoms with van der Waals surface area (Å²) in [4.78, 5) is 12.9. The average Bonchev–Trinajstić information content (AvgIpc) is 2.76. The zero-order valence-corrected chi connectivity index (χ0v) is 21.2. The number of ether oxygens (including phenoxy) is 1. The van der Waals surface area contributed by atoms with Crippen molar-refractivity contribution >= 4 is 21.4 Å². The molecule has 0 radical (unpaired) electrons. The van der Waals surface area contributed by atoms with Gasteiger partial charge in [0.25, 0.3) is 15.7 Å². The first-order chi connectivity index (χ1) is 15.9. The number of nitrogens with zero attached hydrogens (tertiary/aromatic N) is 3. The van der Waals surface area contributed by atoms with Crippen molar-refractivity contribution in [3.05, 3.63) is 58.6 Å². The van der Waals surface area contributed by atoms with E-state index in [4.69, 9.17) is 4.74 Å². The lowest BCUT2D eigenvalue weighted by Crippen LogP contribution is -2.44. The number of anilines is 1. The van der Waals surface area contributed by atoms with Crippen LogP contribution in [0.2, 0.25) is 0 Å². The molecule has 0 fully saturated rings. The van der Waals surface area contributed by atoms with Crippen LogP contribution < -0.4 is 9.04 Å². The fourth-order valence-corrected chi connectivity index (χ4v) is 5.36. The third kappa shape index (κ3) is 7.41. The molecule has 0 aliphatic rings. The topological polar surface area (TPSA) is 113 Å². The Labute approximate surface area is 202 Å². The van der Waals surface area contributed by atoms with Gasteiger partial charge in [-0.2, -0.15) is 0 Å². The monoisotopic (exact) mass is 493 g/mol. The van der Waals surface area contributed by atoms with E-state index in [9.17, 15) is 23.6 Å². The van der Waals surface area contributed by atoms with Crippen molar-refractivity contribution in [3.63, 3.8) is 0 Å². The molecule has 34 heavy (non-hydrogen) atoms. The van der Waals surface area contributed by atoms with Crippen LogP contribution in [0.4, 0.5) is 11.4 Å². The van der Waals surface area contributed by atoms with E-state index in [2.05, 4.69) is 32.6 Å². The third-order valence-corrected chi connectivity index (χ3v) is 6.86. The Hall–Kier alpha value is -2.69. The Morgan fingerprint density at radius 1 is 0.971 bits per heavy atom. The number of aliphatic hydroxyl groups is 1. The molecule has 0 unspecified atom stereocenters. The number of methoxy groups -OCH3 is 1. The smallest absolute Gasteiger partial charge is 0.271 e. The maximum atomic E-state index is 13.6. The summed E-state index contributed by atoms with van der Waals surface area (Å²) in [5.74, 6) is 0.887. The summed E-state index contributed by atoms with van der Waals surface area (Å²) in [6, 6.07) is 11.5. The minimum absolute atomic E-state index is 0.00104. The van der Waals surface area contributed by atoms with Crippen LogP contribution in [-0.2, 0) is 10.0 Å². The number of non-ortho nitro benzene ring substituents is 1. The summed E-state index contributed by atoms with van der Waals surface area (Å²) in [5.41, 5.74) is -0.279. The lowest BCUT2D eigenvalue weighted by atomic mass is 10.1. The molecule has 2 aromatic carbocycles. The van der Waals surface area contributed by atoms with E-state index in [0.717, 1.165) is 23.5 Å². The zero-order chi connectivity index (χ0) is 25.5. The average molecular weight is 494 g/mol. The van der Waals surface area contributed by atoms with Crippen LogP contribution in [0.25, 0.3) is 0 Å². The molecular formula is C24H35N3O6S. The summed E-state index contributed by atoms with van der Waals surface area (Å²) in [6.07, 6.45) is -1.04. The summed E-state index contributed by atoms with van der Waals surface area (Å²) < 4.78 is 33.6. The Kier molecular flexibility index (Phi) is 9.84. The zero-order valence-electron chi connectivity index (χ0n) is 20.4. The molecule has 188 valence electrons. The summed E-state index contributed by atoms with van der Waals surface area (Å²) in [5, 5.41) is 22.4. The molecule has 0 aliphatic carbocycles. The number of nitro benzene ring substituents is 1. The van der Waals surface area contributed by atoms with Crippen molar-refractivity contribution < 1.29 is 23.2 Å². The van der Waals surface area contributed by atoms with Crippen LogP contribution in [-0.4, -0.2) is 62.7 Å². The third-order valence-electron chi connectivity index (χ3n) is 5.07. The fourth-order valence-electron chi connectivity index (χ4n) is 3.84. The highest BCUT2D eigenvalue weighted by atomic mass is 32.2. The van der Waals surface area contributed by atoms with Crippen LogP contribution in [0.1, 0.15) is 27.7 Å². The Morgan fingerprint density at radius 3 is 2.06 bits per heavy atom. The highest BCUT2D eigenvalue weighted by molar-refractivity contribution is 7.92. The van der Waals surface area contributed by atoms with E-state index in [1.54, 1.807) is 18.2 Å². The second-order valence-electron chi connectivity index (χ2n) is 9.12. The molecule has 0 bridgehead atoms. The van der Waals surface area contributed by atoms with Gasteiger partial charge < -0.3 is 14.7 Å². The van der Waals surface area contributed by atoms with Crippen LogP contribution in [0.15, 0.2) is 53.4 Å². The lowest BCUT2D eigenvalue weighted by Gasteiger charge is -2.32. The Morgan fingerprint density at radius 2 is 1.56 bits per heavy atom. The molecule has 2 rings (SSSR count). The number of nitro groups is 1. The number of benzene rings is 2. The molecule has 1 atom stereocenters. The Balaban J connectivity index is 2.51. The standard InChI is InChI=1S/C24H35N3O6S/c1-18(2)14-25(15-19(3)4)16-21(28)17-26(34(31,32)22-9-7-6-8-10-22)23-13-20(27(29)30)11-12-24(23)33-5/h6-13,18-19,21,28H,14-17H2,1-5H3/t21-/m1/s1. The predicted molar refractivity (Wildman–Crippen MR) is 133 cm³/mol. The minimum Gasteiger partial charge on any atom is -0.495 e. The number of aliphatic hydroxyl groups excluding tert-OH is 1. The van der Waals surface area contributed by atoms with Crippen LogP contribution >= 0.6 is 0 Å². The molecule has 0 saturated carbocycles. The molecular weight excluding hydrogens is 458 g/mol. The quantitative estimate of drug-likeness (QED) is 0.334. The molecule has 2 aromatic rings.